The third kappa shape index (κ3) is 1.05. The number of imidazole rings is 1. The Balaban J connectivity index is 2.87. The van der Waals surface area contributed by atoms with E-state index >= 15 is 0 Å². The van der Waals surface area contributed by atoms with Crippen LogP contribution in [-0.4, -0.2) is 9.38 Å². The van der Waals surface area contributed by atoms with Gasteiger partial charge in [0, 0.05) is 6.20 Å². The second-order valence-corrected chi connectivity index (χ2v) is 3.72. The van der Waals surface area contributed by atoms with Crippen LogP contribution in [0.25, 0.3) is 5.52 Å². The zero-order valence-corrected chi connectivity index (χ0v) is 8.59. The van der Waals surface area contributed by atoms with Gasteiger partial charge in [0.1, 0.15) is 10.9 Å². The van der Waals surface area contributed by atoms with Crippen molar-refractivity contribution in [3.05, 3.63) is 34.3 Å². The lowest BCUT2D eigenvalue weighted by Crippen LogP contribution is -1.87. The van der Waals surface area contributed by atoms with Crippen LogP contribution in [0.1, 0.15) is 11.1 Å². The average molecular weight is 225 g/mol. The van der Waals surface area contributed by atoms with Gasteiger partial charge in [-0.15, -0.1) is 0 Å². The van der Waals surface area contributed by atoms with Crippen molar-refractivity contribution in [3.8, 4) is 0 Å². The van der Waals surface area contributed by atoms with Gasteiger partial charge in [0.25, 0.3) is 0 Å². The molecule has 0 aliphatic carbocycles. The fourth-order valence-corrected chi connectivity index (χ4v) is 1.62. The normalized spacial score (nSPS) is 10.9. The summed E-state index contributed by atoms with van der Waals surface area (Å²) in [5, 5.41) is 0. The van der Waals surface area contributed by atoms with Crippen LogP contribution < -0.4 is 0 Å². The fraction of sp³-hybridized carbons (Fsp3) is 0.222. The molecule has 0 N–H and O–H groups in total. The number of pyridine rings is 1. The summed E-state index contributed by atoms with van der Waals surface area (Å²) >= 11 is 3.39. The minimum absolute atomic E-state index is 0.908. The van der Waals surface area contributed by atoms with Gasteiger partial charge < -0.3 is 4.40 Å². The van der Waals surface area contributed by atoms with E-state index in [0.717, 1.165) is 10.1 Å². The Morgan fingerprint density at radius 2 is 2.08 bits per heavy atom. The number of fused-ring (bicyclic) bond motifs is 1. The lowest BCUT2D eigenvalue weighted by molar-refractivity contribution is 1.12. The molecule has 2 rings (SSSR count). The van der Waals surface area contributed by atoms with Crippen LogP contribution in [0.15, 0.2) is 23.2 Å². The van der Waals surface area contributed by atoms with Gasteiger partial charge in [-0.1, -0.05) is 0 Å². The Morgan fingerprint density at radius 3 is 2.83 bits per heavy atom. The van der Waals surface area contributed by atoms with E-state index in [9.17, 15) is 0 Å². The Labute approximate surface area is 79.4 Å². The van der Waals surface area contributed by atoms with Gasteiger partial charge in [0.15, 0.2) is 0 Å². The number of rotatable bonds is 0. The summed E-state index contributed by atoms with van der Waals surface area (Å²) < 4.78 is 2.93. The number of aromatic nitrogens is 2. The first-order valence-electron chi connectivity index (χ1n) is 3.78. The highest BCUT2D eigenvalue weighted by molar-refractivity contribution is 9.10. The molecule has 2 aromatic heterocycles. The topological polar surface area (TPSA) is 17.3 Å². The predicted octanol–water partition coefficient (Wildman–Crippen LogP) is 2.71. The maximum Gasteiger partial charge on any atom is 0.131 e. The summed E-state index contributed by atoms with van der Waals surface area (Å²) in [4.78, 5) is 4.16. The molecule has 12 heavy (non-hydrogen) atoms. The molecule has 0 atom stereocenters. The molecule has 0 fully saturated rings. The van der Waals surface area contributed by atoms with Crippen LogP contribution in [0.4, 0.5) is 0 Å². The molecule has 0 unspecified atom stereocenters. The number of aryl methyl sites for hydroxylation is 2. The van der Waals surface area contributed by atoms with Crippen molar-refractivity contribution in [1.82, 2.24) is 9.38 Å². The van der Waals surface area contributed by atoms with Crippen molar-refractivity contribution < 1.29 is 0 Å². The van der Waals surface area contributed by atoms with Crippen molar-refractivity contribution in [2.45, 2.75) is 13.8 Å². The Morgan fingerprint density at radius 1 is 1.33 bits per heavy atom. The fourth-order valence-electron chi connectivity index (χ4n) is 1.21. The third-order valence-corrected chi connectivity index (χ3v) is 2.70. The molecule has 3 heteroatoms. The quantitative estimate of drug-likeness (QED) is 0.673. The van der Waals surface area contributed by atoms with E-state index in [1.54, 1.807) is 0 Å². The monoisotopic (exact) mass is 224 g/mol. The van der Waals surface area contributed by atoms with Gasteiger partial charge in [0.05, 0.1) is 5.52 Å². The molecule has 0 radical (unpaired) electrons. The van der Waals surface area contributed by atoms with Crippen molar-refractivity contribution in [2.75, 3.05) is 0 Å². The second-order valence-electron chi connectivity index (χ2n) is 2.97. The highest BCUT2D eigenvalue weighted by Gasteiger charge is 2.01. The van der Waals surface area contributed by atoms with E-state index in [2.05, 4.69) is 47.0 Å². The minimum Gasteiger partial charge on any atom is -0.305 e. The number of hydrogen-bond acceptors (Lipinski definition) is 1. The van der Waals surface area contributed by atoms with E-state index in [1.165, 1.54) is 11.1 Å². The zero-order chi connectivity index (χ0) is 8.72. The minimum atomic E-state index is 0.908. The molecule has 0 amide bonds. The van der Waals surface area contributed by atoms with E-state index in [4.69, 9.17) is 0 Å². The van der Waals surface area contributed by atoms with Gasteiger partial charge in [-0.3, -0.25) is 0 Å². The Bertz CT molecular complexity index is 431. The average Bonchev–Trinajstić information content (AvgIpc) is 2.35. The van der Waals surface area contributed by atoms with Crippen LogP contribution >= 0.6 is 15.9 Å². The maximum atomic E-state index is 4.16. The first kappa shape index (κ1) is 7.80. The number of halogens is 1. The van der Waals surface area contributed by atoms with Crippen molar-refractivity contribution >= 4 is 21.4 Å². The van der Waals surface area contributed by atoms with Gasteiger partial charge in [0.2, 0.25) is 0 Å². The number of hydrogen-bond donors (Lipinski definition) is 0. The highest BCUT2D eigenvalue weighted by atomic mass is 79.9. The maximum absolute atomic E-state index is 4.16. The molecule has 0 aliphatic heterocycles. The molecule has 0 aromatic carbocycles. The van der Waals surface area contributed by atoms with Crippen molar-refractivity contribution in [3.63, 3.8) is 0 Å². The molecule has 62 valence electrons. The van der Waals surface area contributed by atoms with Crippen LogP contribution in [0.3, 0.4) is 0 Å². The Hall–Kier alpha value is -0.830. The molecule has 0 saturated carbocycles. The first-order chi connectivity index (χ1) is 5.68. The zero-order valence-electron chi connectivity index (χ0n) is 7.00. The van der Waals surface area contributed by atoms with Crippen LogP contribution in [0.2, 0.25) is 0 Å². The molecule has 0 bridgehead atoms. The summed E-state index contributed by atoms with van der Waals surface area (Å²) in [6, 6.07) is 2.13. The summed E-state index contributed by atoms with van der Waals surface area (Å²) in [5.41, 5.74) is 3.70. The van der Waals surface area contributed by atoms with Crippen LogP contribution in [0.5, 0.6) is 0 Å². The molecule has 2 heterocycles. The van der Waals surface area contributed by atoms with Crippen molar-refractivity contribution in [1.29, 1.82) is 0 Å². The lowest BCUT2D eigenvalue weighted by Gasteiger charge is -2.00. The van der Waals surface area contributed by atoms with E-state index in [1.807, 2.05) is 10.7 Å². The molecule has 0 spiro atoms. The molecular formula is C9H9BrN2. The summed E-state index contributed by atoms with van der Waals surface area (Å²) in [5.74, 6) is 0. The third-order valence-electron chi connectivity index (χ3n) is 2.09. The SMILES string of the molecule is Cc1cc2c(Br)ncn2cc1C. The highest BCUT2D eigenvalue weighted by Crippen LogP contribution is 2.18. The molecule has 0 saturated heterocycles. The standard InChI is InChI=1S/C9H9BrN2/c1-6-3-8-9(10)11-5-12(8)4-7(6)2/h3-5H,1-2H3. The second kappa shape index (κ2) is 2.59. The molecule has 2 nitrogen and oxygen atoms in total. The van der Waals surface area contributed by atoms with Crippen LogP contribution in [0, 0.1) is 13.8 Å². The van der Waals surface area contributed by atoms with E-state index < -0.39 is 0 Å². The van der Waals surface area contributed by atoms with Gasteiger partial charge in [-0.25, -0.2) is 4.98 Å². The van der Waals surface area contributed by atoms with E-state index in [0.29, 0.717) is 0 Å². The van der Waals surface area contributed by atoms with Crippen molar-refractivity contribution in [2.24, 2.45) is 0 Å². The predicted molar refractivity (Wildman–Crippen MR) is 52.4 cm³/mol. The largest absolute Gasteiger partial charge is 0.305 e. The van der Waals surface area contributed by atoms with Gasteiger partial charge >= 0.3 is 0 Å². The molecule has 2 aromatic rings. The number of nitrogens with zero attached hydrogens (tertiary/aromatic N) is 2. The van der Waals surface area contributed by atoms with Gasteiger partial charge in [-0.05, 0) is 47.0 Å². The first-order valence-corrected chi connectivity index (χ1v) is 4.57. The smallest absolute Gasteiger partial charge is 0.131 e. The van der Waals surface area contributed by atoms with Gasteiger partial charge in [-0.2, -0.15) is 0 Å². The summed E-state index contributed by atoms with van der Waals surface area (Å²) in [7, 11) is 0. The summed E-state index contributed by atoms with van der Waals surface area (Å²) in [6.07, 6.45) is 3.90. The summed E-state index contributed by atoms with van der Waals surface area (Å²) in [6.45, 7) is 4.21. The molecule has 0 aliphatic rings. The Kier molecular flexibility index (Phi) is 1.68. The van der Waals surface area contributed by atoms with Crippen LogP contribution in [-0.2, 0) is 0 Å². The lowest BCUT2D eigenvalue weighted by atomic mass is 10.2. The molecular weight excluding hydrogens is 216 g/mol. The van der Waals surface area contributed by atoms with E-state index in [-0.39, 0.29) is 0 Å².